The zero-order valence-corrected chi connectivity index (χ0v) is 14.9. The number of ether oxygens (including phenoxy) is 1. The molecule has 1 rings (SSSR count). The molecular weight excluding hydrogens is 294 g/mol. The maximum Gasteiger partial charge on any atom is 0.338 e. The van der Waals surface area contributed by atoms with Crippen molar-refractivity contribution in [1.82, 2.24) is 5.32 Å². The molecule has 0 spiro atoms. The first-order valence-corrected chi connectivity index (χ1v) is 8.32. The van der Waals surface area contributed by atoms with Crippen LogP contribution in [0.25, 0.3) is 0 Å². The van der Waals surface area contributed by atoms with E-state index in [2.05, 4.69) is 12.2 Å². The molecule has 1 aliphatic carbocycles. The van der Waals surface area contributed by atoms with Gasteiger partial charge in [0.15, 0.2) is 5.78 Å². The third-order valence-electron chi connectivity index (χ3n) is 4.09. The predicted molar refractivity (Wildman–Crippen MR) is 89.9 cm³/mol. The molecule has 0 amide bonds. The van der Waals surface area contributed by atoms with E-state index < -0.39 is 11.4 Å². The number of aliphatic hydroxyl groups is 1. The van der Waals surface area contributed by atoms with Crippen LogP contribution in [0.4, 0.5) is 0 Å². The predicted octanol–water partition coefficient (Wildman–Crippen LogP) is 3.41. The van der Waals surface area contributed by atoms with Crippen molar-refractivity contribution < 1.29 is 19.4 Å². The van der Waals surface area contributed by atoms with Crippen molar-refractivity contribution in [2.75, 3.05) is 13.7 Å². The van der Waals surface area contributed by atoms with Crippen molar-refractivity contribution in [3.63, 3.8) is 0 Å². The van der Waals surface area contributed by atoms with Crippen LogP contribution in [-0.4, -0.2) is 30.5 Å². The highest BCUT2D eigenvalue weighted by atomic mass is 16.5. The number of nitrogens with one attached hydrogen (secondary N) is 1. The monoisotopic (exact) mass is 323 g/mol. The number of rotatable bonds is 8. The molecule has 0 saturated heterocycles. The van der Waals surface area contributed by atoms with E-state index >= 15 is 0 Å². The average Bonchev–Trinajstić information content (AvgIpc) is 2.46. The van der Waals surface area contributed by atoms with Crippen LogP contribution in [0.5, 0.6) is 0 Å². The molecule has 5 nitrogen and oxygen atoms in total. The summed E-state index contributed by atoms with van der Waals surface area (Å²) >= 11 is 0. The largest absolute Gasteiger partial charge is 0.507 e. The van der Waals surface area contributed by atoms with Crippen LogP contribution in [0, 0.1) is 5.41 Å². The number of esters is 1. The molecule has 2 N–H and O–H groups in total. The summed E-state index contributed by atoms with van der Waals surface area (Å²) in [5.41, 5.74) is 0.567. The van der Waals surface area contributed by atoms with Crippen molar-refractivity contribution in [3.05, 3.63) is 22.6 Å². The quantitative estimate of drug-likeness (QED) is 0.529. The van der Waals surface area contributed by atoms with Gasteiger partial charge in [0, 0.05) is 24.1 Å². The molecule has 130 valence electrons. The summed E-state index contributed by atoms with van der Waals surface area (Å²) in [6.07, 6.45) is 3.54. The summed E-state index contributed by atoms with van der Waals surface area (Å²) in [7, 11) is 1.28. The Bertz CT molecular complexity index is 529. The minimum absolute atomic E-state index is 0.138. The number of unbranched alkanes of at least 4 members (excludes halogenated alkanes) is 1. The van der Waals surface area contributed by atoms with Crippen LogP contribution >= 0.6 is 0 Å². The summed E-state index contributed by atoms with van der Waals surface area (Å²) < 4.78 is 4.81. The molecule has 5 heteroatoms. The third kappa shape index (κ3) is 4.36. The van der Waals surface area contributed by atoms with Crippen LogP contribution in [0.1, 0.15) is 59.8 Å². The molecule has 0 fully saturated rings. The van der Waals surface area contributed by atoms with Crippen LogP contribution in [-0.2, 0) is 14.3 Å². The zero-order chi connectivity index (χ0) is 17.6. The Morgan fingerprint density at radius 2 is 1.91 bits per heavy atom. The number of Topliss-reactive ketones (excluding diaryl/α,β-unsaturated/α-hetero) is 1. The SMILES string of the molecule is CCCCNC1=C(C(=O)CCC)C(O)=C(C(=O)OC)C(C)(C)C1. The molecular formula is C18H29NO4. The molecule has 0 aromatic rings. The van der Waals surface area contributed by atoms with Crippen molar-refractivity contribution in [2.45, 2.75) is 59.8 Å². The van der Waals surface area contributed by atoms with Gasteiger partial charge in [-0.25, -0.2) is 4.79 Å². The van der Waals surface area contributed by atoms with Crippen LogP contribution in [0.3, 0.4) is 0 Å². The number of ketones is 1. The van der Waals surface area contributed by atoms with Gasteiger partial charge in [-0.15, -0.1) is 0 Å². The fourth-order valence-electron chi connectivity index (χ4n) is 2.90. The second-order valence-electron chi connectivity index (χ2n) is 6.58. The molecule has 0 aromatic carbocycles. The Balaban J connectivity index is 3.36. The third-order valence-corrected chi connectivity index (χ3v) is 4.09. The first-order valence-electron chi connectivity index (χ1n) is 8.32. The van der Waals surface area contributed by atoms with Gasteiger partial charge in [0.1, 0.15) is 5.76 Å². The Morgan fingerprint density at radius 3 is 2.43 bits per heavy atom. The van der Waals surface area contributed by atoms with Gasteiger partial charge in [-0.05, 0) is 19.3 Å². The number of methoxy groups -OCH3 is 1. The van der Waals surface area contributed by atoms with Crippen molar-refractivity contribution in [3.8, 4) is 0 Å². The first kappa shape index (κ1) is 19.3. The lowest BCUT2D eigenvalue weighted by Gasteiger charge is -2.34. The van der Waals surface area contributed by atoms with Crippen LogP contribution < -0.4 is 5.32 Å². The van der Waals surface area contributed by atoms with E-state index in [1.165, 1.54) is 7.11 Å². The highest BCUT2D eigenvalue weighted by Gasteiger charge is 2.41. The Morgan fingerprint density at radius 1 is 1.26 bits per heavy atom. The fraction of sp³-hybridized carbons (Fsp3) is 0.667. The van der Waals surface area contributed by atoms with Gasteiger partial charge in [0.2, 0.25) is 0 Å². The summed E-state index contributed by atoms with van der Waals surface area (Å²) in [5, 5.41) is 13.9. The normalized spacial score (nSPS) is 17.3. The topological polar surface area (TPSA) is 75.6 Å². The minimum atomic E-state index is -0.596. The Labute approximate surface area is 138 Å². The van der Waals surface area contributed by atoms with Crippen molar-refractivity contribution in [2.24, 2.45) is 5.41 Å². The molecule has 0 saturated carbocycles. The van der Waals surface area contributed by atoms with Gasteiger partial charge < -0.3 is 15.2 Å². The van der Waals surface area contributed by atoms with Gasteiger partial charge in [-0.3, -0.25) is 4.79 Å². The molecule has 0 heterocycles. The molecule has 0 aliphatic heterocycles. The highest BCUT2D eigenvalue weighted by Crippen LogP contribution is 2.42. The second-order valence-corrected chi connectivity index (χ2v) is 6.58. The number of aliphatic hydroxyl groups excluding tert-OH is 1. The van der Waals surface area contributed by atoms with Gasteiger partial charge in [0.25, 0.3) is 0 Å². The number of hydrogen-bond donors (Lipinski definition) is 2. The summed E-state index contributed by atoms with van der Waals surface area (Å²) in [6, 6.07) is 0. The van der Waals surface area contributed by atoms with E-state index in [9.17, 15) is 14.7 Å². The molecule has 0 bridgehead atoms. The van der Waals surface area contributed by atoms with E-state index in [-0.39, 0.29) is 22.7 Å². The first-order chi connectivity index (χ1) is 10.8. The number of carbonyl (C=O) groups is 2. The number of hydrogen-bond acceptors (Lipinski definition) is 5. The lowest BCUT2D eigenvalue weighted by Crippen LogP contribution is -2.35. The fourth-order valence-corrected chi connectivity index (χ4v) is 2.90. The summed E-state index contributed by atoms with van der Waals surface area (Å²) in [4.78, 5) is 24.6. The van der Waals surface area contributed by atoms with Gasteiger partial charge in [0.05, 0.1) is 18.3 Å². The standard InChI is InChI=1S/C18H29NO4/c1-6-8-10-19-12-11-18(3,4)15(17(22)23-5)16(21)14(12)13(20)9-7-2/h19,21H,6-11H2,1-5H3. The van der Waals surface area contributed by atoms with E-state index in [1.807, 2.05) is 20.8 Å². The zero-order valence-electron chi connectivity index (χ0n) is 14.9. The van der Waals surface area contributed by atoms with E-state index in [0.29, 0.717) is 19.3 Å². The smallest absolute Gasteiger partial charge is 0.338 e. The number of carbonyl (C=O) groups excluding carboxylic acids is 2. The van der Waals surface area contributed by atoms with Gasteiger partial charge in [-0.2, -0.15) is 0 Å². The molecule has 0 aromatic heterocycles. The van der Waals surface area contributed by atoms with Crippen LogP contribution in [0.15, 0.2) is 22.6 Å². The maximum absolute atomic E-state index is 12.5. The Kier molecular flexibility index (Phi) is 6.85. The second kappa shape index (κ2) is 8.18. The molecule has 23 heavy (non-hydrogen) atoms. The van der Waals surface area contributed by atoms with E-state index in [1.54, 1.807) is 0 Å². The molecule has 0 unspecified atom stereocenters. The summed E-state index contributed by atoms with van der Waals surface area (Å²) in [6.45, 7) is 8.50. The van der Waals surface area contributed by atoms with Crippen molar-refractivity contribution >= 4 is 11.8 Å². The highest BCUT2D eigenvalue weighted by molar-refractivity contribution is 6.03. The van der Waals surface area contributed by atoms with Crippen LogP contribution in [0.2, 0.25) is 0 Å². The average molecular weight is 323 g/mol. The molecule has 0 atom stereocenters. The summed E-state index contributed by atoms with van der Waals surface area (Å²) in [5.74, 6) is -0.951. The minimum Gasteiger partial charge on any atom is -0.507 e. The number of allylic oxidation sites excluding steroid dienone is 2. The lowest BCUT2D eigenvalue weighted by molar-refractivity contribution is -0.137. The van der Waals surface area contributed by atoms with Gasteiger partial charge in [-0.1, -0.05) is 34.1 Å². The maximum atomic E-state index is 12.5. The van der Waals surface area contributed by atoms with E-state index in [4.69, 9.17) is 4.74 Å². The molecule has 1 aliphatic rings. The Hall–Kier alpha value is -1.78. The van der Waals surface area contributed by atoms with Gasteiger partial charge >= 0.3 is 5.97 Å². The van der Waals surface area contributed by atoms with Crippen molar-refractivity contribution in [1.29, 1.82) is 0 Å². The molecule has 0 radical (unpaired) electrons. The van der Waals surface area contributed by atoms with E-state index in [0.717, 1.165) is 25.1 Å². The lowest BCUT2D eigenvalue weighted by atomic mass is 9.73.